The molecule has 6 atom stereocenters. The minimum absolute atomic E-state index is 0.117. The lowest BCUT2D eigenvalue weighted by Gasteiger charge is -2.55. The number of carbonyl (C=O) groups excluding carboxylic acids is 4. The maximum absolute atomic E-state index is 15.2. The molecule has 4 aliphatic rings. The molecule has 3 aliphatic carbocycles. The summed E-state index contributed by atoms with van der Waals surface area (Å²) in [5.74, 6) is -6.88. The van der Waals surface area contributed by atoms with Crippen LogP contribution in [0, 0.1) is 29.5 Å². The number of carbonyl (C=O) groups is 4. The number of hydrogen-bond donors (Lipinski definition) is 1. The molecule has 8 rings (SSSR count). The van der Waals surface area contributed by atoms with Crippen LogP contribution in [0.2, 0.25) is 0 Å². The molecule has 0 radical (unpaired) electrons. The van der Waals surface area contributed by atoms with Crippen LogP contribution in [0.4, 0.5) is 10.1 Å². The van der Waals surface area contributed by atoms with Crippen molar-refractivity contribution in [2.75, 3.05) is 4.90 Å². The van der Waals surface area contributed by atoms with Crippen molar-refractivity contribution in [3.63, 3.8) is 0 Å². The molecule has 7 heteroatoms. The van der Waals surface area contributed by atoms with Crippen LogP contribution in [-0.2, 0) is 24.6 Å². The van der Waals surface area contributed by atoms with Gasteiger partial charge in [-0.25, -0.2) is 4.39 Å². The lowest BCUT2D eigenvalue weighted by atomic mass is 9.44. The van der Waals surface area contributed by atoms with E-state index in [1.54, 1.807) is 84.9 Å². The van der Waals surface area contributed by atoms with Gasteiger partial charge < -0.3 is 5.11 Å². The summed E-state index contributed by atoms with van der Waals surface area (Å²) in [6.07, 6.45) is 5.31. The van der Waals surface area contributed by atoms with Gasteiger partial charge in [-0.05, 0) is 59.7 Å². The lowest BCUT2D eigenvalue weighted by molar-refractivity contribution is -0.135. The average molecular weight is 650 g/mol. The van der Waals surface area contributed by atoms with Gasteiger partial charge >= 0.3 is 0 Å². The molecular formula is C42H32FNO5. The summed E-state index contributed by atoms with van der Waals surface area (Å²) in [4.78, 5) is 59.6. The number of phenolic OH excluding ortho intramolecular Hbond substituents is 1. The van der Waals surface area contributed by atoms with Crippen molar-refractivity contribution in [2.24, 2.45) is 23.7 Å². The van der Waals surface area contributed by atoms with Gasteiger partial charge in [0, 0.05) is 23.0 Å². The average Bonchev–Trinajstić information content (AvgIpc) is 3.39. The van der Waals surface area contributed by atoms with E-state index >= 15 is 9.18 Å². The Hall–Kier alpha value is -5.69. The fraction of sp³-hybridized carbons (Fsp3) is 0.190. The number of allylic oxidation sites excluding steroid dienone is 4. The summed E-state index contributed by atoms with van der Waals surface area (Å²) in [6, 6.07) is 29.2. The van der Waals surface area contributed by atoms with E-state index < -0.39 is 46.6 Å². The third-order valence-electron chi connectivity index (χ3n) is 11.1. The molecule has 0 aromatic heterocycles. The highest BCUT2D eigenvalue weighted by atomic mass is 19.1. The van der Waals surface area contributed by atoms with Gasteiger partial charge in [-0.15, -0.1) is 0 Å². The Kier molecular flexibility index (Phi) is 7.18. The van der Waals surface area contributed by atoms with Crippen LogP contribution >= 0.6 is 0 Å². The van der Waals surface area contributed by atoms with Gasteiger partial charge in [0.05, 0.1) is 22.9 Å². The molecule has 4 aromatic carbocycles. The van der Waals surface area contributed by atoms with Crippen LogP contribution in [0.15, 0.2) is 127 Å². The zero-order valence-corrected chi connectivity index (χ0v) is 26.5. The first kappa shape index (κ1) is 30.6. The Labute approximate surface area is 282 Å². The number of nitrogens with zero attached hydrogens (tertiary/aromatic N) is 1. The first-order valence-electron chi connectivity index (χ1n) is 16.5. The van der Waals surface area contributed by atoms with Crippen molar-refractivity contribution >= 4 is 40.7 Å². The highest BCUT2D eigenvalue weighted by molar-refractivity contribution is 6.32. The molecule has 0 spiro atoms. The monoisotopic (exact) mass is 649 g/mol. The number of rotatable bonds is 5. The number of para-hydroxylation sites is 1. The van der Waals surface area contributed by atoms with Crippen LogP contribution < -0.4 is 4.90 Å². The minimum Gasteiger partial charge on any atom is -0.505 e. The Morgan fingerprint density at radius 3 is 2.20 bits per heavy atom. The molecular weight excluding hydrogens is 617 g/mol. The van der Waals surface area contributed by atoms with Crippen molar-refractivity contribution in [1.29, 1.82) is 0 Å². The molecule has 1 saturated carbocycles. The molecule has 49 heavy (non-hydrogen) atoms. The number of benzene rings is 4. The largest absolute Gasteiger partial charge is 0.505 e. The molecule has 4 aromatic rings. The molecule has 6 nitrogen and oxygen atoms in total. The Morgan fingerprint density at radius 1 is 0.816 bits per heavy atom. The van der Waals surface area contributed by atoms with E-state index in [1.165, 1.54) is 17.0 Å². The Bertz CT molecular complexity index is 2120. The second kappa shape index (κ2) is 11.5. The number of Topliss-reactive ketones (excluding diaryl/α,β-unsaturated/α-hetero) is 1. The Morgan fingerprint density at radius 2 is 1.51 bits per heavy atom. The summed E-state index contributed by atoms with van der Waals surface area (Å²) in [6.45, 7) is 3.78. The fourth-order valence-electron chi connectivity index (χ4n) is 9.00. The van der Waals surface area contributed by atoms with Crippen LogP contribution in [-0.4, -0.2) is 28.5 Å². The van der Waals surface area contributed by atoms with Crippen molar-refractivity contribution in [3.8, 4) is 5.75 Å². The molecule has 2 fully saturated rings. The molecule has 1 N–H and O–H groups in total. The van der Waals surface area contributed by atoms with Gasteiger partial charge in [-0.2, -0.15) is 0 Å². The summed E-state index contributed by atoms with van der Waals surface area (Å²) in [5.41, 5.74) is 1.98. The fourth-order valence-corrected chi connectivity index (χ4v) is 9.00. The number of imide groups is 1. The van der Waals surface area contributed by atoms with E-state index in [2.05, 4.69) is 6.58 Å². The molecule has 1 saturated heterocycles. The molecule has 1 aliphatic heterocycles. The van der Waals surface area contributed by atoms with Crippen LogP contribution in [0.25, 0.3) is 11.6 Å². The number of phenols is 1. The second-order valence-electron chi connectivity index (χ2n) is 13.3. The minimum atomic E-state index is -1.55. The van der Waals surface area contributed by atoms with Gasteiger partial charge in [0.25, 0.3) is 0 Å². The maximum atomic E-state index is 15.2. The van der Waals surface area contributed by atoms with E-state index in [9.17, 15) is 19.5 Å². The van der Waals surface area contributed by atoms with Gasteiger partial charge in [-0.3, -0.25) is 24.1 Å². The van der Waals surface area contributed by atoms with E-state index in [1.807, 2.05) is 18.2 Å². The Balaban J connectivity index is 1.36. The van der Waals surface area contributed by atoms with Crippen molar-refractivity contribution in [1.82, 2.24) is 0 Å². The lowest BCUT2D eigenvalue weighted by Crippen LogP contribution is -2.58. The molecule has 242 valence electrons. The molecule has 0 bridgehead atoms. The highest BCUT2D eigenvalue weighted by Crippen LogP contribution is 2.64. The SMILES string of the molecule is C=Cc1ccc(N2C(=O)[C@H]3[C@H](CC=C4[C@H]3C[C@H]3C(=O)C(c5ccccc5)=CC(=O)[C@@]3(c3ccccc3)[C@H]4c3cccc(F)c3O)C2=O)cc1. The normalized spacial score (nSPS) is 27.5. The van der Waals surface area contributed by atoms with Crippen LogP contribution in [0.1, 0.15) is 41.0 Å². The first-order chi connectivity index (χ1) is 23.8. The quantitative estimate of drug-likeness (QED) is 0.182. The first-order valence-corrected chi connectivity index (χ1v) is 16.5. The molecule has 0 unspecified atom stereocenters. The summed E-state index contributed by atoms with van der Waals surface area (Å²) in [7, 11) is 0. The topological polar surface area (TPSA) is 91.8 Å². The van der Waals surface area contributed by atoms with E-state index in [0.29, 0.717) is 22.4 Å². The van der Waals surface area contributed by atoms with Gasteiger partial charge in [0.2, 0.25) is 11.8 Å². The number of fused-ring (bicyclic) bond motifs is 4. The zero-order valence-electron chi connectivity index (χ0n) is 26.5. The molecule has 1 heterocycles. The van der Waals surface area contributed by atoms with Crippen molar-refractivity contribution in [3.05, 3.63) is 156 Å². The number of halogens is 1. The number of amides is 2. The number of anilines is 1. The van der Waals surface area contributed by atoms with Crippen LogP contribution in [0.3, 0.4) is 0 Å². The van der Waals surface area contributed by atoms with Crippen molar-refractivity contribution < 1.29 is 28.7 Å². The van der Waals surface area contributed by atoms with Crippen LogP contribution in [0.5, 0.6) is 5.75 Å². The second-order valence-corrected chi connectivity index (χ2v) is 13.3. The van der Waals surface area contributed by atoms with E-state index in [0.717, 1.165) is 11.6 Å². The standard InChI is InChI=1S/C42H32FNO5/c1-2-24-16-18-27(19-17-24)44-40(48)29-21-20-28-32(36(29)41(44)49)22-33-38(46)31(25-10-5-3-6-11-25)23-35(45)42(33,26-12-7-4-8-13-26)37(28)30-14-9-15-34(43)39(30)47/h2-20,23,29,32-33,36-37,47H,1,21-22H2/t29-,32+,33-,36-,37+,42-/m0/s1. The zero-order chi connectivity index (χ0) is 34.0. The highest BCUT2D eigenvalue weighted by Gasteiger charge is 2.66. The number of aromatic hydroxyl groups is 1. The smallest absolute Gasteiger partial charge is 0.238 e. The molecule has 2 amide bonds. The third-order valence-corrected chi connectivity index (χ3v) is 11.1. The summed E-state index contributed by atoms with van der Waals surface area (Å²) < 4.78 is 15.2. The maximum Gasteiger partial charge on any atom is 0.238 e. The number of ketones is 2. The summed E-state index contributed by atoms with van der Waals surface area (Å²) in [5, 5.41) is 11.3. The van der Waals surface area contributed by atoms with Gasteiger partial charge in [0.15, 0.2) is 23.1 Å². The number of hydrogen-bond acceptors (Lipinski definition) is 5. The predicted octanol–water partition coefficient (Wildman–Crippen LogP) is 7.20. The van der Waals surface area contributed by atoms with E-state index in [4.69, 9.17) is 0 Å². The predicted molar refractivity (Wildman–Crippen MR) is 184 cm³/mol. The van der Waals surface area contributed by atoms with Crippen molar-refractivity contribution in [2.45, 2.75) is 24.2 Å². The van der Waals surface area contributed by atoms with E-state index in [-0.39, 0.29) is 47.4 Å². The van der Waals surface area contributed by atoms with Gasteiger partial charge in [0.1, 0.15) is 0 Å². The van der Waals surface area contributed by atoms with Gasteiger partial charge in [-0.1, -0.05) is 109 Å². The third kappa shape index (κ3) is 4.38. The summed E-state index contributed by atoms with van der Waals surface area (Å²) >= 11 is 0.